The number of carbonyl (C=O) groups excluding carboxylic acids is 1. The third kappa shape index (κ3) is 5.18. The van der Waals surface area contributed by atoms with Crippen molar-refractivity contribution in [3.63, 3.8) is 0 Å². The van der Waals surface area contributed by atoms with Crippen LogP contribution in [0.2, 0.25) is 0 Å². The van der Waals surface area contributed by atoms with Crippen LogP contribution in [0.1, 0.15) is 19.8 Å². The van der Waals surface area contributed by atoms with E-state index in [1.54, 1.807) is 0 Å². The van der Waals surface area contributed by atoms with E-state index in [1.165, 1.54) is 6.42 Å². The van der Waals surface area contributed by atoms with Crippen LogP contribution >= 0.6 is 0 Å². The highest BCUT2D eigenvalue weighted by molar-refractivity contribution is 5.99. The van der Waals surface area contributed by atoms with E-state index < -0.39 is 0 Å². The van der Waals surface area contributed by atoms with Crippen LogP contribution in [-0.4, -0.2) is 12.6 Å². The standard InChI is InChI=1S/C17H21N3O/c1-2-3-13-18-14-9-11-16(12-10-14)20-17(21)19-15-7-5-4-6-8-15/h4-12,18H,2-3,13H2,1H3,(H2,19,20,21). The van der Waals surface area contributed by atoms with Crippen LogP contribution in [0.15, 0.2) is 54.6 Å². The number of unbranched alkanes of at least 4 members (excludes halogenated alkanes) is 1. The summed E-state index contributed by atoms with van der Waals surface area (Å²) in [5.74, 6) is 0. The van der Waals surface area contributed by atoms with Gasteiger partial charge in [0.15, 0.2) is 0 Å². The Morgan fingerprint density at radius 1 is 0.857 bits per heavy atom. The van der Waals surface area contributed by atoms with Crippen LogP contribution in [0.3, 0.4) is 0 Å². The summed E-state index contributed by atoms with van der Waals surface area (Å²) in [5, 5.41) is 8.93. The fourth-order valence-electron chi connectivity index (χ4n) is 1.90. The number of amides is 2. The van der Waals surface area contributed by atoms with Gasteiger partial charge >= 0.3 is 6.03 Å². The molecule has 0 spiro atoms. The van der Waals surface area contributed by atoms with Crippen molar-refractivity contribution in [1.29, 1.82) is 0 Å². The summed E-state index contributed by atoms with van der Waals surface area (Å²) in [7, 11) is 0. The number of benzene rings is 2. The highest BCUT2D eigenvalue weighted by atomic mass is 16.2. The summed E-state index contributed by atoms with van der Waals surface area (Å²) in [6.07, 6.45) is 2.33. The Bertz CT molecular complexity index is 552. The molecule has 4 heteroatoms. The molecule has 2 rings (SSSR count). The Kier molecular flexibility index (Phi) is 5.64. The molecule has 4 nitrogen and oxygen atoms in total. The van der Waals surface area contributed by atoms with Crippen LogP contribution < -0.4 is 16.0 Å². The lowest BCUT2D eigenvalue weighted by Crippen LogP contribution is -2.19. The van der Waals surface area contributed by atoms with Crippen molar-refractivity contribution in [2.24, 2.45) is 0 Å². The monoisotopic (exact) mass is 283 g/mol. The van der Waals surface area contributed by atoms with Gasteiger partial charge in [-0.25, -0.2) is 4.79 Å². The molecule has 3 N–H and O–H groups in total. The Morgan fingerprint density at radius 2 is 1.43 bits per heavy atom. The van der Waals surface area contributed by atoms with Gasteiger partial charge in [0.05, 0.1) is 0 Å². The van der Waals surface area contributed by atoms with Crippen molar-refractivity contribution in [2.45, 2.75) is 19.8 Å². The van der Waals surface area contributed by atoms with Crippen molar-refractivity contribution < 1.29 is 4.79 Å². The number of para-hydroxylation sites is 1. The molecule has 0 atom stereocenters. The number of carbonyl (C=O) groups is 1. The number of urea groups is 1. The second-order valence-corrected chi connectivity index (χ2v) is 4.80. The third-order valence-electron chi connectivity index (χ3n) is 3.03. The number of hydrogen-bond acceptors (Lipinski definition) is 2. The molecule has 0 aliphatic rings. The van der Waals surface area contributed by atoms with Gasteiger partial charge in [-0.2, -0.15) is 0 Å². The molecule has 0 bridgehead atoms. The molecule has 110 valence electrons. The second-order valence-electron chi connectivity index (χ2n) is 4.80. The summed E-state index contributed by atoms with van der Waals surface area (Å²) < 4.78 is 0. The number of hydrogen-bond donors (Lipinski definition) is 3. The lowest BCUT2D eigenvalue weighted by Gasteiger charge is -2.09. The summed E-state index contributed by atoms with van der Waals surface area (Å²) in [4.78, 5) is 11.8. The Morgan fingerprint density at radius 3 is 2.05 bits per heavy atom. The first-order valence-corrected chi connectivity index (χ1v) is 7.25. The quantitative estimate of drug-likeness (QED) is 0.682. The van der Waals surface area contributed by atoms with Crippen LogP contribution in [0.4, 0.5) is 21.9 Å². The molecule has 2 aromatic carbocycles. The molecular formula is C17H21N3O. The van der Waals surface area contributed by atoms with E-state index in [1.807, 2.05) is 54.6 Å². The maximum Gasteiger partial charge on any atom is 0.323 e. The van der Waals surface area contributed by atoms with Crippen LogP contribution in [-0.2, 0) is 0 Å². The Balaban J connectivity index is 1.83. The fraction of sp³-hybridized carbons (Fsp3) is 0.235. The van der Waals surface area contributed by atoms with Crippen molar-refractivity contribution in [1.82, 2.24) is 0 Å². The zero-order valence-corrected chi connectivity index (χ0v) is 12.2. The molecule has 2 aromatic rings. The van der Waals surface area contributed by atoms with Crippen molar-refractivity contribution in [3.05, 3.63) is 54.6 Å². The van der Waals surface area contributed by atoms with Crippen LogP contribution in [0.5, 0.6) is 0 Å². The lowest BCUT2D eigenvalue weighted by molar-refractivity contribution is 0.262. The Hall–Kier alpha value is -2.49. The first kappa shape index (κ1) is 14.9. The average Bonchev–Trinajstić information content (AvgIpc) is 2.50. The molecule has 0 heterocycles. The van der Waals surface area contributed by atoms with Gasteiger partial charge < -0.3 is 16.0 Å². The summed E-state index contributed by atoms with van der Waals surface area (Å²) in [6.45, 7) is 3.14. The van der Waals surface area contributed by atoms with Crippen LogP contribution in [0.25, 0.3) is 0 Å². The van der Waals surface area contributed by atoms with Gasteiger partial charge in [0.25, 0.3) is 0 Å². The maximum absolute atomic E-state index is 11.8. The largest absolute Gasteiger partial charge is 0.385 e. The first-order chi connectivity index (χ1) is 10.3. The molecule has 0 radical (unpaired) electrons. The van der Waals surface area contributed by atoms with Gasteiger partial charge in [-0.3, -0.25) is 0 Å². The van der Waals surface area contributed by atoms with Crippen molar-refractivity contribution >= 4 is 23.1 Å². The van der Waals surface area contributed by atoms with E-state index in [9.17, 15) is 4.79 Å². The van der Waals surface area contributed by atoms with E-state index in [4.69, 9.17) is 0 Å². The molecular weight excluding hydrogens is 262 g/mol. The predicted molar refractivity (Wildman–Crippen MR) is 88.9 cm³/mol. The second kappa shape index (κ2) is 7.94. The number of anilines is 3. The zero-order chi connectivity index (χ0) is 14.9. The minimum absolute atomic E-state index is 0.243. The van der Waals surface area contributed by atoms with E-state index in [2.05, 4.69) is 22.9 Å². The van der Waals surface area contributed by atoms with Gasteiger partial charge in [0.2, 0.25) is 0 Å². The van der Waals surface area contributed by atoms with Crippen molar-refractivity contribution in [2.75, 3.05) is 22.5 Å². The fourth-order valence-corrected chi connectivity index (χ4v) is 1.90. The highest BCUT2D eigenvalue weighted by Gasteiger charge is 2.02. The number of rotatable bonds is 6. The van der Waals surface area contributed by atoms with Gasteiger partial charge in [0, 0.05) is 23.6 Å². The normalized spacial score (nSPS) is 9.95. The molecule has 0 saturated heterocycles. The Labute approximate surface area is 125 Å². The van der Waals surface area contributed by atoms with E-state index in [-0.39, 0.29) is 6.03 Å². The summed E-state index contributed by atoms with van der Waals surface area (Å²) in [6, 6.07) is 16.8. The predicted octanol–water partition coefficient (Wildman–Crippen LogP) is 4.54. The average molecular weight is 283 g/mol. The van der Waals surface area contributed by atoms with Gasteiger partial charge in [-0.15, -0.1) is 0 Å². The van der Waals surface area contributed by atoms with Gasteiger partial charge in [0.1, 0.15) is 0 Å². The SMILES string of the molecule is CCCCNc1ccc(NC(=O)Nc2ccccc2)cc1. The molecule has 0 saturated carbocycles. The number of nitrogens with one attached hydrogen (secondary N) is 3. The molecule has 2 amide bonds. The minimum Gasteiger partial charge on any atom is -0.385 e. The molecule has 0 fully saturated rings. The third-order valence-corrected chi connectivity index (χ3v) is 3.03. The van der Waals surface area contributed by atoms with E-state index >= 15 is 0 Å². The smallest absolute Gasteiger partial charge is 0.323 e. The van der Waals surface area contributed by atoms with Crippen LogP contribution in [0, 0.1) is 0 Å². The van der Waals surface area contributed by atoms with Crippen molar-refractivity contribution in [3.8, 4) is 0 Å². The van der Waals surface area contributed by atoms with E-state index in [0.717, 1.165) is 30.0 Å². The van der Waals surface area contributed by atoms with Gasteiger partial charge in [-0.05, 0) is 42.8 Å². The molecule has 0 aromatic heterocycles. The molecule has 0 unspecified atom stereocenters. The molecule has 0 aliphatic carbocycles. The first-order valence-electron chi connectivity index (χ1n) is 7.25. The van der Waals surface area contributed by atoms with Gasteiger partial charge in [-0.1, -0.05) is 31.5 Å². The zero-order valence-electron chi connectivity index (χ0n) is 12.2. The molecule has 0 aliphatic heterocycles. The highest BCUT2D eigenvalue weighted by Crippen LogP contribution is 2.14. The molecule has 21 heavy (non-hydrogen) atoms. The lowest BCUT2D eigenvalue weighted by atomic mass is 10.2. The minimum atomic E-state index is -0.243. The topological polar surface area (TPSA) is 53.2 Å². The summed E-state index contributed by atoms with van der Waals surface area (Å²) >= 11 is 0. The van der Waals surface area contributed by atoms with E-state index in [0.29, 0.717) is 0 Å². The maximum atomic E-state index is 11.8. The summed E-state index contributed by atoms with van der Waals surface area (Å²) in [5.41, 5.74) is 2.61.